The number of likely N-dealkylation sites (N-methyl/N-ethyl adjacent to an activating group) is 1. The van der Waals surface area contributed by atoms with Crippen molar-refractivity contribution in [1.29, 1.82) is 0 Å². The quantitative estimate of drug-likeness (QED) is 0.560. The molecule has 1 aromatic heterocycles. The molecule has 1 aliphatic heterocycles. The Morgan fingerprint density at radius 2 is 1.74 bits per heavy atom. The first kappa shape index (κ1) is 21.7. The molecular formula is C25H30N4OS. The van der Waals surface area contributed by atoms with Gasteiger partial charge in [0.05, 0.1) is 22.8 Å². The first-order chi connectivity index (χ1) is 15.1. The standard InChI is InChI=1S/C25H30N4OS/c1-20(25-26-22-12-6-7-13-23(22)31-25)27(2)24(30)19-29-17-15-28(16-18-29)14-8-11-21-9-4-3-5-10-21/h3-13,20H,14-19H2,1-2H3. The van der Waals surface area contributed by atoms with Crippen LogP contribution in [0.15, 0.2) is 60.7 Å². The van der Waals surface area contributed by atoms with Crippen LogP contribution in [0.2, 0.25) is 0 Å². The molecular weight excluding hydrogens is 404 g/mol. The molecule has 1 fully saturated rings. The van der Waals surface area contributed by atoms with E-state index in [0.717, 1.165) is 43.2 Å². The number of carbonyl (C=O) groups excluding carboxylic acids is 1. The summed E-state index contributed by atoms with van der Waals surface area (Å²) in [5, 5.41) is 0.993. The highest BCUT2D eigenvalue weighted by Crippen LogP contribution is 2.28. The van der Waals surface area contributed by atoms with Crippen molar-refractivity contribution >= 4 is 33.5 Å². The highest BCUT2D eigenvalue weighted by Gasteiger charge is 2.24. The fourth-order valence-corrected chi connectivity index (χ4v) is 4.85. The zero-order valence-corrected chi connectivity index (χ0v) is 19.1. The number of hydrogen-bond donors (Lipinski definition) is 0. The Kier molecular flexibility index (Phi) is 7.12. The second-order valence-corrected chi connectivity index (χ2v) is 9.15. The maximum atomic E-state index is 12.9. The van der Waals surface area contributed by atoms with Crippen LogP contribution in [-0.2, 0) is 4.79 Å². The summed E-state index contributed by atoms with van der Waals surface area (Å²) in [6, 6.07) is 18.5. The van der Waals surface area contributed by atoms with Crippen molar-refractivity contribution in [3.05, 3.63) is 71.2 Å². The largest absolute Gasteiger partial charge is 0.335 e. The Morgan fingerprint density at radius 1 is 1.06 bits per heavy atom. The van der Waals surface area contributed by atoms with Crippen molar-refractivity contribution in [2.45, 2.75) is 13.0 Å². The molecule has 4 rings (SSSR count). The van der Waals surface area contributed by atoms with E-state index in [0.29, 0.717) is 6.54 Å². The number of carbonyl (C=O) groups is 1. The van der Waals surface area contributed by atoms with Gasteiger partial charge in [-0.3, -0.25) is 14.6 Å². The van der Waals surface area contributed by atoms with Gasteiger partial charge in [0.25, 0.3) is 0 Å². The van der Waals surface area contributed by atoms with E-state index in [2.05, 4.69) is 59.2 Å². The van der Waals surface area contributed by atoms with Crippen molar-refractivity contribution in [1.82, 2.24) is 19.7 Å². The number of fused-ring (bicyclic) bond motifs is 1. The van der Waals surface area contributed by atoms with Gasteiger partial charge in [-0.05, 0) is 24.6 Å². The van der Waals surface area contributed by atoms with Crippen molar-refractivity contribution in [2.24, 2.45) is 0 Å². The first-order valence-electron chi connectivity index (χ1n) is 10.9. The Morgan fingerprint density at radius 3 is 2.48 bits per heavy atom. The molecule has 5 nitrogen and oxygen atoms in total. The summed E-state index contributed by atoms with van der Waals surface area (Å²) in [5.41, 5.74) is 2.24. The lowest BCUT2D eigenvalue weighted by atomic mass is 10.2. The maximum absolute atomic E-state index is 12.9. The Balaban J connectivity index is 1.24. The molecule has 0 saturated carbocycles. The van der Waals surface area contributed by atoms with Crippen molar-refractivity contribution < 1.29 is 4.79 Å². The van der Waals surface area contributed by atoms with Crippen LogP contribution in [0.1, 0.15) is 23.5 Å². The average molecular weight is 435 g/mol. The van der Waals surface area contributed by atoms with E-state index in [9.17, 15) is 4.79 Å². The van der Waals surface area contributed by atoms with E-state index in [4.69, 9.17) is 4.98 Å². The van der Waals surface area contributed by atoms with Crippen LogP contribution in [0.4, 0.5) is 0 Å². The Hall–Kier alpha value is -2.54. The molecule has 0 spiro atoms. The second-order valence-electron chi connectivity index (χ2n) is 8.09. The third-order valence-electron chi connectivity index (χ3n) is 5.94. The van der Waals surface area contributed by atoms with Crippen molar-refractivity contribution in [3.63, 3.8) is 0 Å². The molecule has 1 aliphatic rings. The van der Waals surface area contributed by atoms with Crippen LogP contribution in [0, 0.1) is 0 Å². The van der Waals surface area contributed by atoms with Gasteiger partial charge in [0.2, 0.25) is 5.91 Å². The smallest absolute Gasteiger partial charge is 0.237 e. The van der Waals surface area contributed by atoms with Crippen LogP contribution in [-0.4, -0.2) is 71.9 Å². The van der Waals surface area contributed by atoms with E-state index in [1.807, 2.05) is 36.2 Å². The highest BCUT2D eigenvalue weighted by atomic mass is 32.1. The minimum atomic E-state index is -0.0192. The van der Waals surface area contributed by atoms with E-state index in [-0.39, 0.29) is 11.9 Å². The number of nitrogens with zero attached hydrogens (tertiary/aromatic N) is 4. The van der Waals surface area contributed by atoms with E-state index >= 15 is 0 Å². The monoisotopic (exact) mass is 434 g/mol. The van der Waals surface area contributed by atoms with Gasteiger partial charge in [-0.2, -0.15) is 0 Å². The van der Waals surface area contributed by atoms with Gasteiger partial charge in [-0.15, -0.1) is 11.3 Å². The molecule has 0 N–H and O–H groups in total. The lowest BCUT2D eigenvalue weighted by Gasteiger charge is -2.35. The molecule has 3 aromatic rings. The fraction of sp³-hybridized carbons (Fsp3) is 0.360. The molecule has 1 saturated heterocycles. The number of benzene rings is 2. The zero-order chi connectivity index (χ0) is 21.6. The molecule has 1 unspecified atom stereocenters. The SMILES string of the molecule is CC(c1nc2ccccc2s1)N(C)C(=O)CN1CCN(CC=Cc2ccccc2)CC1. The predicted molar refractivity (Wildman–Crippen MR) is 129 cm³/mol. The molecule has 1 atom stereocenters. The van der Waals surface area contributed by atoms with Crippen molar-refractivity contribution in [3.8, 4) is 0 Å². The van der Waals surface area contributed by atoms with Crippen LogP contribution < -0.4 is 0 Å². The second kappa shape index (κ2) is 10.2. The Labute approximate surface area is 188 Å². The van der Waals surface area contributed by atoms with Gasteiger partial charge in [0.15, 0.2) is 0 Å². The van der Waals surface area contributed by atoms with Gasteiger partial charge in [0.1, 0.15) is 5.01 Å². The fourth-order valence-electron chi connectivity index (χ4n) is 3.79. The topological polar surface area (TPSA) is 39.7 Å². The minimum Gasteiger partial charge on any atom is -0.335 e. The first-order valence-corrected chi connectivity index (χ1v) is 11.7. The van der Waals surface area contributed by atoms with Crippen molar-refractivity contribution in [2.75, 3.05) is 46.3 Å². The van der Waals surface area contributed by atoms with E-state index in [1.54, 1.807) is 11.3 Å². The average Bonchev–Trinajstić information content (AvgIpc) is 3.24. The van der Waals surface area contributed by atoms with Crippen LogP contribution in [0.5, 0.6) is 0 Å². The predicted octanol–water partition coefficient (Wildman–Crippen LogP) is 4.15. The summed E-state index contributed by atoms with van der Waals surface area (Å²) in [6.07, 6.45) is 4.40. The van der Waals surface area contributed by atoms with Crippen LogP contribution in [0.3, 0.4) is 0 Å². The lowest BCUT2D eigenvalue weighted by Crippen LogP contribution is -2.49. The number of para-hydroxylation sites is 1. The lowest BCUT2D eigenvalue weighted by molar-refractivity contribution is -0.133. The highest BCUT2D eigenvalue weighted by molar-refractivity contribution is 7.18. The number of thiazole rings is 1. The summed E-state index contributed by atoms with van der Waals surface area (Å²) in [6.45, 7) is 7.31. The van der Waals surface area contributed by atoms with Crippen LogP contribution >= 0.6 is 11.3 Å². The molecule has 0 bridgehead atoms. The minimum absolute atomic E-state index is 0.0192. The third kappa shape index (κ3) is 5.58. The van der Waals surface area contributed by atoms with Gasteiger partial charge in [0, 0.05) is 39.8 Å². The van der Waals surface area contributed by atoms with E-state index in [1.165, 1.54) is 10.3 Å². The molecule has 6 heteroatoms. The molecule has 2 heterocycles. The number of aromatic nitrogens is 1. The molecule has 0 aliphatic carbocycles. The van der Waals surface area contributed by atoms with Gasteiger partial charge < -0.3 is 4.90 Å². The number of amides is 1. The maximum Gasteiger partial charge on any atom is 0.237 e. The molecule has 1 amide bonds. The van der Waals surface area contributed by atoms with Crippen LogP contribution in [0.25, 0.3) is 16.3 Å². The summed E-state index contributed by atoms with van der Waals surface area (Å²) < 4.78 is 1.17. The molecule has 2 aromatic carbocycles. The van der Waals surface area contributed by atoms with Gasteiger partial charge in [-0.1, -0.05) is 54.6 Å². The van der Waals surface area contributed by atoms with Gasteiger partial charge in [-0.25, -0.2) is 4.98 Å². The number of piperazine rings is 1. The summed E-state index contributed by atoms with van der Waals surface area (Å²) in [4.78, 5) is 24.2. The summed E-state index contributed by atoms with van der Waals surface area (Å²) in [7, 11) is 1.89. The van der Waals surface area contributed by atoms with E-state index < -0.39 is 0 Å². The molecule has 0 radical (unpaired) electrons. The summed E-state index contributed by atoms with van der Waals surface area (Å²) >= 11 is 1.67. The Bertz CT molecular complexity index is 991. The number of hydrogen-bond acceptors (Lipinski definition) is 5. The summed E-state index contributed by atoms with van der Waals surface area (Å²) in [5.74, 6) is 0.157. The molecule has 31 heavy (non-hydrogen) atoms. The zero-order valence-electron chi connectivity index (χ0n) is 18.3. The normalized spacial score (nSPS) is 16.7. The van der Waals surface area contributed by atoms with Gasteiger partial charge >= 0.3 is 0 Å². The number of rotatable bonds is 7. The third-order valence-corrected chi connectivity index (χ3v) is 7.15. The molecule has 162 valence electrons.